The molecule has 14 heteroatoms. The van der Waals surface area contributed by atoms with Gasteiger partial charge in [-0.05, 0) is 128 Å². The van der Waals surface area contributed by atoms with Crippen molar-refractivity contribution in [3.63, 3.8) is 0 Å². The highest BCUT2D eigenvalue weighted by atomic mass is 35.5. The minimum atomic E-state index is -6.01. The van der Waals surface area contributed by atoms with E-state index < -0.39 is 44.0 Å². The molecule has 276 valence electrons. The Hall–Kier alpha value is -3.71. The number of aromatic nitrogens is 1. The van der Waals surface area contributed by atoms with Gasteiger partial charge < -0.3 is 24.1 Å². The average Bonchev–Trinajstić information content (AvgIpc) is 3.34. The van der Waals surface area contributed by atoms with Gasteiger partial charge in [0.15, 0.2) is 11.5 Å². The summed E-state index contributed by atoms with van der Waals surface area (Å²) in [4.78, 5) is 18.0. The predicted octanol–water partition coefficient (Wildman–Crippen LogP) is 8.22. The van der Waals surface area contributed by atoms with Crippen LogP contribution in [0.15, 0.2) is 48.7 Å². The number of nitrogens with one attached hydrogen (secondary N) is 1. The number of methoxy groups -OCH3 is 1. The number of rotatable bonds is 10. The van der Waals surface area contributed by atoms with E-state index >= 15 is 0 Å². The van der Waals surface area contributed by atoms with E-state index in [0.717, 1.165) is 36.3 Å². The molecule has 3 aliphatic rings. The predicted molar refractivity (Wildman–Crippen MR) is 186 cm³/mol. The van der Waals surface area contributed by atoms with E-state index in [1.54, 1.807) is 24.4 Å². The fourth-order valence-electron chi connectivity index (χ4n) is 8.54. The van der Waals surface area contributed by atoms with Crippen LogP contribution in [0.4, 0.5) is 18.9 Å². The molecule has 2 aromatic carbocycles. The van der Waals surface area contributed by atoms with E-state index in [9.17, 15) is 31.5 Å². The highest BCUT2D eigenvalue weighted by molar-refractivity contribution is 7.88. The van der Waals surface area contributed by atoms with Crippen LogP contribution < -0.4 is 14.2 Å². The third-order valence-corrected chi connectivity index (χ3v) is 12.2. The first-order valence-electron chi connectivity index (χ1n) is 17.2. The number of halogens is 4. The number of hydrogen-bond donors (Lipinski definition) is 2. The SMILES string of the molecule is COC(=O)C1(Nc2cccc(Cl)c2)CCC2(CC1)c1cc(O)c(OS(=O)(=O)C(F)(F)F)cc1CC2C[C@@H](C)COc1ccnc2c1[C@H](C)CCC2. The van der Waals surface area contributed by atoms with Crippen molar-refractivity contribution in [3.05, 3.63) is 76.1 Å². The van der Waals surface area contributed by atoms with Crippen LogP contribution in [0.2, 0.25) is 5.02 Å². The number of esters is 1. The molecule has 0 amide bonds. The molecule has 6 rings (SSSR count). The van der Waals surface area contributed by atoms with Crippen LogP contribution in [0.1, 0.15) is 87.1 Å². The van der Waals surface area contributed by atoms with Crippen molar-refractivity contribution in [2.45, 2.75) is 94.0 Å². The fourth-order valence-corrected chi connectivity index (χ4v) is 9.19. The average molecular weight is 751 g/mol. The van der Waals surface area contributed by atoms with Crippen LogP contribution in [0.5, 0.6) is 17.2 Å². The topological polar surface area (TPSA) is 124 Å². The van der Waals surface area contributed by atoms with Crippen LogP contribution in [0, 0.1) is 11.8 Å². The Morgan fingerprint density at radius 2 is 1.88 bits per heavy atom. The third-order valence-electron chi connectivity index (χ3n) is 11.0. The second-order valence-corrected chi connectivity index (χ2v) is 16.3. The zero-order valence-electron chi connectivity index (χ0n) is 28.7. The molecule has 1 unspecified atom stereocenters. The Bertz CT molecular complexity index is 1900. The summed E-state index contributed by atoms with van der Waals surface area (Å²) in [5.41, 5.74) is -3.20. The first-order valence-corrected chi connectivity index (χ1v) is 19.0. The fraction of sp³-hybridized carbons (Fsp3) is 0.514. The second-order valence-electron chi connectivity index (χ2n) is 14.3. The quantitative estimate of drug-likeness (QED) is 0.120. The summed E-state index contributed by atoms with van der Waals surface area (Å²) in [5, 5.41) is 14.8. The maximum Gasteiger partial charge on any atom is 0.534 e. The normalized spacial score (nSPS) is 25.1. The van der Waals surface area contributed by atoms with Gasteiger partial charge in [0.05, 0.1) is 13.7 Å². The number of aryl methyl sites for hydroxylation is 1. The van der Waals surface area contributed by atoms with E-state index in [1.807, 2.05) is 12.1 Å². The molecule has 51 heavy (non-hydrogen) atoms. The molecule has 9 nitrogen and oxygen atoms in total. The van der Waals surface area contributed by atoms with Crippen LogP contribution >= 0.6 is 11.6 Å². The number of aromatic hydroxyl groups is 1. The van der Waals surface area contributed by atoms with Gasteiger partial charge >= 0.3 is 21.6 Å². The number of nitrogens with zero attached hydrogens (tertiary/aromatic N) is 1. The number of anilines is 1. The summed E-state index contributed by atoms with van der Waals surface area (Å²) in [6.45, 7) is 4.68. The van der Waals surface area contributed by atoms with Gasteiger partial charge in [0.2, 0.25) is 0 Å². The highest BCUT2D eigenvalue weighted by Gasteiger charge is 2.55. The first-order chi connectivity index (χ1) is 24.1. The number of carbonyl (C=O) groups is 1. The summed E-state index contributed by atoms with van der Waals surface area (Å²) in [6.07, 6.45) is 7.52. The van der Waals surface area contributed by atoms with E-state index in [2.05, 4.69) is 28.3 Å². The van der Waals surface area contributed by atoms with Crippen molar-refractivity contribution < 1.29 is 45.1 Å². The molecule has 2 N–H and O–H groups in total. The lowest BCUT2D eigenvalue weighted by molar-refractivity contribution is -0.148. The van der Waals surface area contributed by atoms with Crippen molar-refractivity contribution in [1.82, 2.24) is 4.98 Å². The lowest BCUT2D eigenvalue weighted by Gasteiger charge is -2.47. The number of hydrogen-bond acceptors (Lipinski definition) is 9. The number of alkyl halides is 3. The third kappa shape index (κ3) is 7.20. The molecule has 1 saturated carbocycles. The van der Waals surface area contributed by atoms with Crippen LogP contribution in [-0.4, -0.2) is 49.2 Å². The molecule has 0 aliphatic heterocycles. The lowest BCUT2D eigenvalue weighted by atomic mass is 9.59. The number of fused-ring (bicyclic) bond motifs is 3. The molecular weight excluding hydrogens is 709 g/mol. The smallest absolute Gasteiger partial charge is 0.504 e. The van der Waals surface area contributed by atoms with Gasteiger partial charge in [0.1, 0.15) is 11.3 Å². The summed E-state index contributed by atoms with van der Waals surface area (Å²) < 4.78 is 79.5. The molecule has 1 fully saturated rings. The minimum absolute atomic E-state index is 0.0377. The number of phenols is 1. The van der Waals surface area contributed by atoms with E-state index in [-0.39, 0.29) is 11.8 Å². The Kier molecular flexibility index (Phi) is 10.2. The van der Waals surface area contributed by atoms with Crippen molar-refractivity contribution in [2.24, 2.45) is 11.8 Å². The summed E-state index contributed by atoms with van der Waals surface area (Å²) >= 11 is 6.24. The summed E-state index contributed by atoms with van der Waals surface area (Å²) in [7, 11) is -4.68. The van der Waals surface area contributed by atoms with Crippen molar-refractivity contribution in [1.29, 1.82) is 0 Å². The number of ether oxygens (including phenoxy) is 2. The minimum Gasteiger partial charge on any atom is -0.504 e. The molecule has 1 spiro atoms. The molecule has 3 aliphatic carbocycles. The lowest BCUT2D eigenvalue weighted by Crippen LogP contribution is -2.53. The molecule has 3 aromatic rings. The molecule has 0 bridgehead atoms. The highest BCUT2D eigenvalue weighted by Crippen LogP contribution is 2.58. The zero-order valence-corrected chi connectivity index (χ0v) is 30.3. The first kappa shape index (κ1) is 37.1. The van der Waals surface area contributed by atoms with E-state index in [0.29, 0.717) is 72.9 Å². The van der Waals surface area contributed by atoms with Crippen LogP contribution in [-0.2, 0) is 37.9 Å². The molecule has 0 radical (unpaired) electrons. The van der Waals surface area contributed by atoms with Crippen LogP contribution in [0.25, 0.3) is 0 Å². The maximum atomic E-state index is 13.4. The second kappa shape index (κ2) is 14.0. The zero-order chi connectivity index (χ0) is 36.8. The van der Waals surface area contributed by atoms with Gasteiger partial charge in [-0.3, -0.25) is 4.98 Å². The maximum absolute atomic E-state index is 13.4. The molecule has 1 aromatic heterocycles. The number of benzene rings is 2. The van der Waals surface area contributed by atoms with Gasteiger partial charge in [-0.2, -0.15) is 21.6 Å². The van der Waals surface area contributed by atoms with Gasteiger partial charge in [-0.25, -0.2) is 4.79 Å². The largest absolute Gasteiger partial charge is 0.534 e. The van der Waals surface area contributed by atoms with Crippen molar-refractivity contribution >= 4 is 33.4 Å². The Morgan fingerprint density at radius 1 is 1.14 bits per heavy atom. The molecule has 1 heterocycles. The molecular formula is C37H42ClF3N2O7S. The summed E-state index contributed by atoms with van der Waals surface area (Å²) in [6, 6.07) is 11.5. The Labute approximate surface area is 301 Å². The molecule has 3 atom stereocenters. The summed E-state index contributed by atoms with van der Waals surface area (Å²) in [5.74, 6) is -0.804. The van der Waals surface area contributed by atoms with Gasteiger partial charge in [0, 0.05) is 28.2 Å². The van der Waals surface area contributed by atoms with Crippen molar-refractivity contribution in [2.75, 3.05) is 19.0 Å². The van der Waals surface area contributed by atoms with Gasteiger partial charge in [-0.15, -0.1) is 0 Å². The van der Waals surface area contributed by atoms with Crippen LogP contribution in [0.3, 0.4) is 0 Å². The Balaban J connectivity index is 1.30. The monoisotopic (exact) mass is 750 g/mol. The Morgan fingerprint density at radius 3 is 2.57 bits per heavy atom. The van der Waals surface area contributed by atoms with E-state index in [4.69, 9.17) is 21.1 Å². The van der Waals surface area contributed by atoms with Gasteiger partial charge in [0.25, 0.3) is 0 Å². The van der Waals surface area contributed by atoms with E-state index in [1.165, 1.54) is 19.2 Å². The number of carbonyl (C=O) groups excluding carboxylic acids is 1. The van der Waals surface area contributed by atoms with Gasteiger partial charge in [-0.1, -0.05) is 31.5 Å². The van der Waals surface area contributed by atoms with Crippen molar-refractivity contribution in [3.8, 4) is 17.2 Å². The number of phenolic OH excluding ortho intramolecular Hbond substituents is 1. The standard InChI is InChI=1S/C37H42ClF3N2O7S/c1-22(21-49-31-10-15-42-29-9-4-6-23(2)33(29)31)16-25-17-24-18-32(50-51(46,47)37(39,40)41)30(44)20-28(24)35(25)11-13-36(14-12-35,34(45)48-3)43-27-8-5-7-26(38)19-27/h5,7-8,10,15,18-20,22-23,25,43-44H,4,6,9,11-14,16-17,21H2,1-3H3/t22-,23-,25?,35?,36?/m1/s1. The molecule has 0 saturated heterocycles. The number of pyridine rings is 1.